The lowest BCUT2D eigenvalue weighted by Gasteiger charge is -2.40. The number of sulfonamides is 1. The fourth-order valence-corrected chi connectivity index (χ4v) is 5.18. The third-order valence-electron chi connectivity index (χ3n) is 5.52. The van der Waals surface area contributed by atoms with Gasteiger partial charge in [-0.05, 0) is 25.8 Å². The number of piperidine rings is 1. The highest BCUT2D eigenvalue weighted by Gasteiger charge is 2.37. The first-order valence-corrected chi connectivity index (χ1v) is 11.2. The maximum absolute atomic E-state index is 13.3. The zero-order valence-electron chi connectivity index (χ0n) is 16.1. The Morgan fingerprint density at radius 1 is 1.30 bits per heavy atom. The highest BCUT2D eigenvalue weighted by molar-refractivity contribution is 7.89. The molecule has 2 aliphatic heterocycles. The quantitative estimate of drug-likeness (QED) is 0.811. The van der Waals surface area contributed by atoms with Crippen LogP contribution in [0.2, 0.25) is 0 Å². The molecule has 0 aliphatic carbocycles. The molecule has 150 valence electrons. The zero-order valence-corrected chi connectivity index (χ0v) is 16.9. The van der Waals surface area contributed by atoms with Crippen LogP contribution in [0.25, 0.3) is 0 Å². The van der Waals surface area contributed by atoms with E-state index in [-0.39, 0.29) is 30.2 Å². The molecule has 2 saturated heterocycles. The molecule has 1 N–H and O–H groups in total. The molecule has 0 aromatic heterocycles. The molecular weight excluding hydrogens is 366 g/mol. The number of carbonyl (C=O) groups is 1. The number of benzene rings is 1. The van der Waals surface area contributed by atoms with Gasteiger partial charge >= 0.3 is 0 Å². The van der Waals surface area contributed by atoms with Gasteiger partial charge in [0.15, 0.2) is 0 Å². The van der Waals surface area contributed by atoms with Crippen molar-refractivity contribution in [1.82, 2.24) is 14.5 Å². The number of nitrogens with zero attached hydrogens (tertiary/aromatic N) is 2. The normalized spacial score (nSPS) is 24.6. The molecule has 1 aromatic carbocycles. The minimum Gasteiger partial charge on any atom is -0.496 e. The molecule has 2 unspecified atom stereocenters. The number of carbonyl (C=O) groups excluding carboxylic acids is 1. The number of rotatable bonds is 5. The molecule has 0 saturated carbocycles. The Labute approximate surface area is 161 Å². The number of piperazine rings is 1. The minimum atomic E-state index is -3.26. The van der Waals surface area contributed by atoms with Crippen LogP contribution in [-0.2, 0) is 14.8 Å². The number of amides is 1. The van der Waals surface area contributed by atoms with Gasteiger partial charge in [-0.15, -0.1) is 0 Å². The van der Waals surface area contributed by atoms with Crippen molar-refractivity contribution in [1.29, 1.82) is 0 Å². The van der Waals surface area contributed by atoms with Crippen LogP contribution in [0.3, 0.4) is 0 Å². The summed E-state index contributed by atoms with van der Waals surface area (Å²) in [6.07, 6.45) is 1.46. The lowest BCUT2D eigenvalue weighted by molar-refractivity contribution is -0.140. The third-order valence-corrected chi connectivity index (χ3v) is 7.36. The van der Waals surface area contributed by atoms with Gasteiger partial charge in [-0.3, -0.25) is 4.79 Å². The second-order valence-corrected chi connectivity index (χ2v) is 9.35. The monoisotopic (exact) mass is 395 g/mol. The van der Waals surface area contributed by atoms with Crippen molar-refractivity contribution in [3.8, 4) is 5.75 Å². The molecule has 2 fully saturated rings. The second kappa shape index (κ2) is 8.58. The van der Waals surface area contributed by atoms with Crippen molar-refractivity contribution < 1.29 is 17.9 Å². The third kappa shape index (κ3) is 4.28. The van der Waals surface area contributed by atoms with Crippen LogP contribution in [-0.4, -0.2) is 69.1 Å². The van der Waals surface area contributed by atoms with E-state index in [1.165, 1.54) is 4.31 Å². The van der Waals surface area contributed by atoms with Gasteiger partial charge in [0, 0.05) is 38.3 Å². The first-order valence-electron chi connectivity index (χ1n) is 9.60. The lowest BCUT2D eigenvalue weighted by Crippen LogP contribution is -2.53. The molecule has 2 atom stereocenters. The molecule has 2 aliphatic rings. The van der Waals surface area contributed by atoms with Gasteiger partial charge in [-0.1, -0.05) is 18.2 Å². The summed E-state index contributed by atoms with van der Waals surface area (Å²) in [5, 5.41) is 3.36. The lowest BCUT2D eigenvalue weighted by atomic mass is 9.95. The molecule has 1 amide bonds. The van der Waals surface area contributed by atoms with Crippen molar-refractivity contribution >= 4 is 15.9 Å². The SMILES string of the molecule is CCS(=O)(=O)N1CCCC(C(=O)N2CCNCC2c2ccccc2OC)C1. The van der Waals surface area contributed by atoms with Crippen LogP contribution in [0, 0.1) is 5.92 Å². The van der Waals surface area contributed by atoms with E-state index in [4.69, 9.17) is 4.74 Å². The summed E-state index contributed by atoms with van der Waals surface area (Å²) >= 11 is 0. The first-order chi connectivity index (χ1) is 13.0. The van der Waals surface area contributed by atoms with Gasteiger partial charge in [-0.2, -0.15) is 0 Å². The predicted molar refractivity (Wildman–Crippen MR) is 104 cm³/mol. The van der Waals surface area contributed by atoms with Crippen molar-refractivity contribution in [3.05, 3.63) is 29.8 Å². The standard InChI is InChI=1S/C19H29N3O4S/c1-3-27(24,25)21-11-6-7-15(14-21)19(23)22-12-10-20-13-17(22)16-8-4-5-9-18(16)26-2/h4-5,8-9,15,17,20H,3,6-7,10-14H2,1-2H3. The van der Waals surface area contributed by atoms with E-state index in [9.17, 15) is 13.2 Å². The number of hydrogen-bond donors (Lipinski definition) is 1. The van der Waals surface area contributed by atoms with Crippen molar-refractivity contribution in [2.45, 2.75) is 25.8 Å². The summed E-state index contributed by atoms with van der Waals surface area (Å²) in [5.41, 5.74) is 0.981. The predicted octanol–water partition coefficient (Wildman–Crippen LogP) is 1.23. The summed E-state index contributed by atoms with van der Waals surface area (Å²) in [6, 6.07) is 7.65. The van der Waals surface area contributed by atoms with Crippen LogP contribution >= 0.6 is 0 Å². The van der Waals surface area contributed by atoms with Crippen LogP contribution < -0.4 is 10.1 Å². The van der Waals surface area contributed by atoms with Crippen LogP contribution in [0.1, 0.15) is 31.4 Å². The maximum Gasteiger partial charge on any atom is 0.227 e. The second-order valence-electron chi connectivity index (χ2n) is 7.09. The Balaban J connectivity index is 1.81. The van der Waals surface area contributed by atoms with E-state index in [0.717, 1.165) is 30.7 Å². The number of hydrogen-bond acceptors (Lipinski definition) is 5. The van der Waals surface area contributed by atoms with Gasteiger partial charge in [0.05, 0.1) is 24.8 Å². The van der Waals surface area contributed by atoms with E-state index >= 15 is 0 Å². The topological polar surface area (TPSA) is 79.0 Å². The van der Waals surface area contributed by atoms with Crippen molar-refractivity contribution in [2.75, 3.05) is 45.6 Å². The molecule has 2 heterocycles. The highest BCUT2D eigenvalue weighted by atomic mass is 32.2. The largest absolute Gasteiger partial charge is 0.496 e. The van der Waals surface area contributed by atoms with Gasteiger partial charge in [0.2, 0.25) is 15.9 Å². The van der Waals surface area contributed by atoms with E-state index in [2.05, 4.69) is 5.32 Å². The Morgan fingerprint density at radius 2 is 2.07 bits per heavy atom. The molecule has 0 bridgehead atoms. The van der Waals surface area contributed by atoms with Gasteiger partial charge < -0.3 is 15.0 Å². The molecular formula is C19H29N3O4S. The fraction of sp³-hybridized carbons (Fsp3) is 0.632. The van der Waals surface area contributed by atoms with E-state index in [1.807, 2.05) is 29.2 Å². The molecule has 7 nitrogen and oxygen atoms in total. The molecule has 8 heteroatoms. The summed E-state index contributed by atoms with van der Waals surface area (Å²) in [4.78, 5) is 15.2. The summed E-state index contributed by atoms with van der Waals surface area (Å²) in [6.45, 7) is 4.46. The molecule has 1 aromatic rings. The van der Waals surface area contributed by atoms with E-state index in [0.29, 0.717) is 19.6 Å². The number of para-hydroxylation sites is 1. The molecule has 0 radical (unpaired) electrons. The number of nitrogens with one attached hydrogen (secondary N) is 1. The van der Waals surface area contributed by atoms with Crippen LogP contribution in [0.4, 0.5) is 0 Å². The van der Waals surface area contributed by atoms with Crippen molar-refractivity contribution in [3.63, 3.8) is 0 Å². The van der Waals surface area contributed by atoms with Gasteiger partial charge in [0.1, 0.15) is 5.75 Å². The van der Waals surface area contributed by atoms with E-state index in [1.54, 1.807) is 14.0 Å². The number of ether oxygens (including phenoxy) is 1. The summed E-state index contributed by atoms with van der Waals surface area (Å²) < 4.78 is 31.5. The smallest absolute Gasteiger partial charge is 0.227 e. The summed E-state index contributed by atoms with van der Waals surface area (Å²) in [7, 11) is -1.63. The zero-order chi connectivity index (χ0) is 19.4. The van der Waals surface area contributed by atoms with Gasteiger partial charge in [-0.25, -0.2) is 12.7 Å². The average Bonchev–Trinajstić information content (AvgIpc) is 2.73. The first kappa shape index (κ1) is 20.1. The Hall–Kier alpha value is -1.64. The van der Waals surface area contributed by atoms with E-state index < -0.39 is 10.0 Å². The Morgan fingerprint density at radius 3 is 2.81 bits per heavy atom. The molecule has 3 rings (SSSR count). The summed E-state index contributed by atoms with van der Waals surface area (Å²) in [5.74, 6) is 0.604. The van der Waals surface area contributed by atoms with Crippen LogP contribution in [0.15, 0.2) is 24.3 Å². The maximum atomic E-state index is 13.3. The Bertz CT molecular complexity index is 768. The average molecular weight is 396 g/mol. The van der Waals surface area contributed by atoms with Gasteiger partial charge in [0.25, 0.3) is 0 Å². The molecule has 27 heavy (non-hydrogen) atoms. The highest BCUT2D eigenvalue weighted by Crippen LogP contribution is 2.32. The minimum absolute atomic E-state index is 0.0448. The van der Waals surface area contributed by atoms with Crippen molar-refractivity contribution in [2.24, 2.45) is 5.92 Å². The Kier molecular flexibility index (Phi) is 6.39. The number of methoxy groups -OCH3 is 1. The van der Waals surface area contributed by atoms with Crippen LogP contribution in [0.5, 0.6) is 5.75 Å². The fourth-order valence-electron chi connectivity index (χ4n) is 4.00. The molecule has 0 spiro atoms.